The van der Waals surface area contributed by atoms with Crippen molar-refractivity contribution < 1.29 is 18.8 Å². The Hall–Kier alpha value is -2.84. The minimum atomic E-state index is -0.0781. The predicted octanol–water partition coefficient (Wildman–Crippen LogP) is 3.25. The Bertz CT molecular complexity index is 916. The van der Waals surface area contributed by atoms with E-state index in [1.54, 1.807) is 24.5 Å². The molecule has 1 aliphatic heterocycles. The molecule has 0 N–H and O–H groups in total. The summed E-state index contributed by atoms with van der Waals surface area (Å²) in [5, 5.41) is 5.93. The third kappa shape index (κ3) is 4.78. The first-order chi connectivity index (χ1) is 14.2. The summed E-state index contributed by atoms with van der Waals surface area (Å²) in [7, 11) is 1.64. The number of rotatable bonds is 7. The van der Waals surface area contributed by atoms with Crippen LogP contribution in [0.3, 0.4) is 0 Å². The lowest BCUT2D eigenvalue weighted by atomic mass is 10.2. The molecule has 29 heavy (non-hydrogen) atoms. The molecule has 0 spiro atoms. The van der Waals surface area contributed by atoms with Crippen molar-refractivity contribution in [3.05, 3.63) is 53.5 Å². The van der Waals surface area contributed by atoms with Crippen molar-refractivity contribution in [1.29, 1.82) is 0 Å². The van der Waals surface area contributed by atoms with Crippen molar-refractivity contribution in [2.75, 3.05) is 46.4 Å². The average Bonchev–Trinajstić information content (AvgIpc) is 3.46. The summed E-state index contributed by atoms with van der Waals surface area (Å²) in [5.74, 6) is 2.20. The van der Waals surface area contributed by atoms with Gasteiger partial charge in [0, 0.05) is 38.8 Å². The number of amides is 1. The molecular weight excluding hydrogens is 390 g/mol. The average molecular weight is 413 g/mol. The number of hydrogen-bond donors (Lipinski definition) is 0. The molecule has 2 aromatic heterocycles. The summed E-state index contributed by atoms with van der Waals surface area (Å²) >= 11 is 1.56. The molecule has 1 aliphatic rings. The predicted molar refractivity (Wildman–Crippen MR) is 111 cm³/mol. The molecule has 1 aromatic carbocycles. The van der Waals surface area contributed by atoms with Gasteiger partial charge in [0.05, 0.1) is 12.0 Å². The van der Waals surface area contributed by atoms with Crippen molar-refractivity contribution >= 4 is 17.2 Å². The van der Waals surface area contributed by atoms with Crippen molar-refractivity contribution in [2.24, 2.45) is 0 Å². The van der Waals surface area contributed by atoms with Gasteiger partial charge in [-0.15, -0.1) is 11.3 Å². The third-order valence-electron chi connectivity index (χ3n) is 4.89. The lowest BCUT2D eigenvalue weighted by molar-refractivity contribution is 0.0610. The maximum Gasteiger partial charge on any atom is 0.276 e. The summed E-state index contributed by atoms with van der Waals surface area (Å²) in [6.07, 6.45) is 0. The number of carbonyl (C=O) groups excluding carboxylic acids is 1. The summed E-state index contributed by atoms with van der Waals surface area (Å²) in [4.78, 5) is 17.8. The number of methoxy groups -OCH3 is 1. The van der Waals surface area contributed by atoms with Crippen molar-refractivity contribution in [3.63, 3.8) is 0 Å². The number of hydrogen-bond acceptors (Lipinski definition) is 7. The van der Waals surface area contributed by atoms with E-state index in [-0.39, 0.29) is 5.91 Å². The number of carbonyl (C=O) groups is 1. The van der Waals surface area contributed by atoms with E-state index in [0.29, 0.717) is 31.2 Å². The van der Waals surface area contributed by atoms with Crippen LogP contribution in [-0.4, -0.2) is 67.3 Å². The molecule has 0 saturated carbocycles. The zero-order valence-electron chi connectivity index (χ0n) is 16.2. The fourth-order valence-corrected chi connectivity index (χ4v) is 3.89. The van der Waals surface area contributed by atoms with E-state index in [9.17, 15) is 4.79 Å². The largest absolute Gasteiger partial charge is 0.497 e. The zero-order valence-corrected chi connectivity index (χ0v) is 17.1. The molecule has 1 amide bonds. The highest BCUT2D eigenvalue weighted by molar-refractivity contribution is 7.13. The van der Waals surface area contributed by atoms with Gasteiger partial charge < -0.3 is 18.9 Å². The Balaban J connectivity index is 1.22. The maximum atomic E-state index is 12.7. The van der Waals surface area contributed by atoms with Crippen LogP contribution in [0, 0.1) is 0 Å². The van der Waals surface area contributed by atoms with Crippen molar-refractivity contribution in [2.45, 2.75) is 0 Å². The normalized spacial score (nSPS) is 14.7. The van der Waals surface area contributed by atoms with Gasteiger partial charge in [-0.05, 0) is 35.7 Å². The molecule has 0 atom stereocenters. The molecule has 152 valence electrons. The summed E-state index contributed by atoms with van der Waals surface area (Å²) < 4.78 is 16.3. The van der Waals surface area contributed by atoms with E-state index in [1.807, 2.05) is 46.7 Å². The van der Waals surface area contributed by atoms with Crippen LogP contribution in [0.5, 0.6) is 11.5 Å². The van der Waals surface area contributed by atoms with Gasteiger partial charge in [-0.2, -0.15) is 0 Å². The quantitative estimate of drug-likeness (QED) is 0.592. The maximum absolute atomic E-state index is 12.7. The Labute approximate surface area is 173 Å². The van der Waals surface area contributed by atoms with Gasteiger partial charge in [0.25, 0.3) is 5.91 Å². The Morgan fingerprint density at radius 2 is 1.90 bits per heavy atom. The van der Waals surface area contributed by atoms with Crippen molar-refractivity contribution in [1.82, 2.24) is 15.0 Å². The first-order valence-corrected chi connectivity index (χ1v) is 10.4. The zero-order chi connectivity index (χ0) is 20.1. The number of thiophene rings is 1. The second-order valence-electron chi connectivity index (χ2n) is 6.71. The number of benzene rings is 1. The standard InChI is InChI=1S/C21H23N3O4S/c1-26-16-4-6-17(7-5-16)27-13-12-23-8-10-24(11-9-23)21(25)18-15-19(28-22-18)20-3-2-14-29-20/h2-7,14-15H,8-13H2,1H3. The molecule has 3 heterocycles. The smallest absolute Gasteiger partial charge is 0.276 e. The highest BCUT2D eigenvalue weighted by Gasteiger charge is 2.24. The van der Waals surface area contributed by atoms with Crippen LogP contribution in [0.2, 0.25) is 0 Å². The molecule has 1 fully saturated rings. The van der Waals surface area contributed by atoms with Gasteiger partial charge in [0.15, 0.2) is 11.5 Å². The lowest BCUT2D eigenvalue weighted by Gasteiger charge is -2.34. The lowest BCUT2D eigenvalue weighted by Crippen LogP contribution is -2.49. The molecule has 1 saturated heterocycles. The Kier molecular flexibility index (Phi) is 6.12. The van der Waals surface area contributed by atoms with E-state index in [0.717, 1.165) is 36.0 Å². The van der Waals surface area contributed by atoms with Gasteiger partial charge in [0.2, 0.25) is 0 Å². The topological polar surface area (TPSA) is 68.0 Å². The molecule has 0 bridgehead atoms. The fraction of sp³-hybridized carbons (Fsp3) is 0.333. The Morgan fingerprint density at radius 3 is 2.59 bits per heavy atom. The molecule has 8 heteroatoms. The first kappa shape index (κ1) is 19.5. The van der Waals surface area contributed by atoms with Crippen LogP contribution in [0.25, 0.3) is 10.6 Å². The second-order valence-corrected chi connectivity index (χ2v) is 7.66. The minimum absolute atomic E-state index is 0.0781. The number of ether oxygens (including phenoxy) is 2. The highest BCUT2D eigenvalue weighted by Crippen LogP contribution is 2.25. The molecule has 0 unspecified atom stereocenters. The number of piperazine rings is 1. The van der Waals surface area contributed by atoms with E-state index in [2.05, 4.69) is 10.1 Å². The highest BCUT2D eigenvalue weighted by atomic mass is 32.1. The van der Waals surface area contributed by atoms with Gasteiger partial charge in [-0.25, -0.2) is 0 Å². The van der Waals surface area contributed by atoms with Gasteiger partial charge in [-0.1, -0.05) is 11.2 Å². The van der Waals surface area contributed by atoms with Crippen LogP contribution < -0.4 is 9.47 Å². The van der Waals surface area contributed by atoms with E-state index < -0.39 is 0 Å². The molecular formula is C21H23N3O4S. The van der Waals surface area contributed by atoms with Crippen molar-refractivity contribution in [3.8, 4) is 22.1 Å². The van der Waals surface area contributed by atoms with Crippen LogP contribution >= 0.6 is 11.3 Å². The second kappa shape index (κ2) is 9.11. The van der Waals surface area contributed by atoms with Gasteiger partial charge in [-0.3, -0.25) is 9.69 Å². The van der Waals surface area contributed by atoms with Crippen LogP contribution in [-0.2, 0) is 0 Å². The molecule has 0 aliphatic carbocycles. The minimum Gasteiger partial charge on any atom is -0.497 e. The summed E-state index contributed by atoms with van der Waals surface area (Å²) in [6, 6.07) is 13.2. The molecule has 7 nitrogen and oxygen atoms in total. The van der Waals surface area contributed by atoms with Gasteiger partial charge in [0.1, 0.15) is 18.1 Å². The number of aromatic nitrogens is 1. The molecule has 0 radical (unpaired) electrons. The van der Waals surface area contributed by atoms with E-state index >= 15 is 0 Å². The molecule has 4 rings (SSSR count). The van der Waals surface area contributed by atoms with E-state index in [4.69, 9.17) is 14.0 Å². The number of nitrogens with zero attached hydrogens (tertiary/aromatic N) is 3. The summed E-state index contributed by atoms with van der Waals surface area (Å²) in [6.45, 7) is 4.39. The SMILES string of the molecule is COc1ccc(OCCN2CCN(C(=O)c3cc(-c4cccs4)on3)CC2)cc1. The third-order valence-corrected chi connectivity index (χ3v) is 5.77. The van der Waals surface area contributed by atoms with Crippen LogP contribution in [0.15, 0.2) is 52.4 Å². The van der Waals surface area contributed by atoms with Gasteiger partial charge >= 0.3 is 0 Å². The fourth-order valence-electron chi connectivity index (χ4n) is 3.21. The first-order valence-electron chi connectivity index (χ1n) is 9.52. The molecule has 3 aromatic rings. The Morgan fingerprint density at radius 1 is 1.14 bits per heavy atom. The van der Waals surface area contributed by atoms with Crippen LogP contribution in [0.1, 0.15) is 10.5 Å². The summed E-state index contributed by atoms with van der Waals surface area (Å²) in [5.41, 5.74) is 0.365. The monoisotopic (exact) mass is 413 g/mol. The van der Waals surface area contributed by atoms with E-state index in [1.165, 1.54) is 0 Å². The van der Waals surface area contributed by atoms with Crippen LogP contribution in [0.4, 0.5) is 0 Å².